The smallest absolute Gasteiger partial charge is 0.267 e. The van der Waals surface area contributed by atoms with Crippen LogP contribution in [0.25, 0.3) is 5.57 Å². The van der Waals surface area contributed by atoms with Gasteiger partial charge in [-0.15, -0.1) is 0 Å². The normalized spacial score (nSPS) is 18.6. The monoisotopic (exact) mass is 443 g/mol. The molecule has 2 aromatic rings. The van der Waals surface area contributed by atoms with Gasteiger partial charge in [0.15, 0.2) is 0 Å². The van der Waals surface area contributed by atoms with Gasteiger partial charge < -0.3 is 14.8 Å². The van der Waals surface area contributed by atoms with Crippen molar-refractivity contribution in [1.29, 1.82) is 0 Å². The summed E-state index contributed by atoms with van der Waals surface area (Å²) in [4.78, 5) is 39.7. The Hall–Kier alpha value is -2.68. The third-order valence-corrected chi connectivity index (χ3v) is 6.39. The van der Waals surface area contributed by atoms with Crippen LogP contribution in [-0.2, 0) is 20.9 Å². The first-order valence-electron chi connectivity index (χ1n) is 8.51. The number of fused-ring (bicyclic) bond motifs is 1. The lowest BCUT2D eigenvalue weighted by atomic mass is 10.1. The van der Waals surface area contributed by atoms with E-state index in [1.54, 1.807) is 41.3 Å². The zero-order valence-electron chi connectivity index (χ0n) is 14.8. The average Bonchev–Trinajstić information content (AvgIpc) is 3.11. The maximum Gasteiger partial charge on any atom is 0.267 e. The van der Waals surface area contributed by atoms with Crippen LogP contribution in [-0.4, -0.2) is 33.5 Å². The number of para-hydroxylation sites is 1. The number of carbonyl (C=O) groups excluding carboxylic acids is 3. The number of benzene rings is 2. The van der Waals surface area contributed by atoms with E-state index in [-0.39, 0.29) is 27.3 Å². The van der Waals surface area contributed by atoms with E-state index in [4.69, 9.17) is 23.8 Å². The van der Waals surface area contributed by atoms with Crippen molar-refractivity contribution >= 4 is 68.9 Å². The summed E-state index contributed by atoms with van der Waals surface area (Å²) in [6.45, 7) is -0.418. The molecule has 0 atom stereocenters. The molecule has 6 nitrogen and oxygen atoms in total. The molecular weight excluding hydrogens is 432 g/mol. The molecule has 2 amide bonds. The molecule has 2 aliphatic heterocycles. The quantitative estimate of drug-likeness (QED) is 0.532. The standard InChI is InChI=1S/C20H13ClN2O4S2/c21-13-7-3-1-5-11(13)9-22-14-8-4-2-6-12(14)16(18(22)26)17-19(27)23(10-15(24)25)20(28)29-17/h1-8H,9-10H2,(H,24,25)/p-1/b17-16-. The highest BCUT2D eigenvalue weighted by molar-refractivity contribution is 8.26. The van der Waals surface area contributed by atoms with Gasteiger partial charge in [0.2, 0.25) is 0 Å². The summed E-state index contributed by atoms with van der Waals surface area (Å²) in [6.07, 6.45) is 0. The fraction of sp³-hybridized carbons (Fsp3) is 0.100. The number of thiocarbonyl (C=S) groups is 1. The summed E-state index contributed by atoms with van der Waals surface area (Å²) in [5.41, 5.74) is 2.23. The lowest BCUT2D eigenvalue weighted by Gasteiger charge is -2.18. The van der Waals surface area contributed by atoms with Crippen molar-refractivity contribution in [3.8, 4) is 0 Å². The number of carboxylic acids is 1. The van der Waals surface area contributed by atoms with Crippen LogP contribution >= 0.6 is 35.6 Å². The molecule has 0 N–H and O–H groups in total. The van der Waals surface area contributed by atoms with Crippen molar-refractivity contribution < 1.29 is 19.5 Å². The summed E-state index contributed by atoms with van der Waals surface area (Å²) in [5, 5.41) is 11.5. The summed E-state index contributed by atoms with van der Waals surface area (Å²) in [7, 11) is 0. The Morgan fingerprint density at radius 1 is 1.03 bits per heavy atom. The number of halogens is 1. The van der Waals surface area contributed by atoms with Crippen LogP contribution < -0.4 is 10.0 Å². The number of hydrogen-bond acceptors (Lipinski definition) is 6. The third-order valence-electron chi connectivity index (χ3n) is 4.57. The Labute approximate surface area is 180 Å². The van der Waals surface area contributed by atoms with Crippen molar-refractivity contribution in [3.05, 3.63) is 69.6 Å². The molecule has 0 aromatic heterocycles. The Kier molecular flexibility index (Phi) is 5.16. The molecular formula is C20H12ClN2O4S2-. The van der Waals surface area contributed by atoms with E-state index in [2.05, 4.69) is 0 Å². The van der Waals surface area contributed by atoms with E-state index < -0.39 is 18.4 Å². The lowest BCUT2D eigenvalue weighted by molar-refractivity contribution is -0.305. The van der Waals surface area contributed by atoms with Crippen LogP contribution in [0, 0.1) is 0 Å². The maximum absolute atomic E-state index is 13.3. The van der Waals surface area contributed by atoms with E-state index in [0.717, 1.165) is 22.2 Å². The second kappa shape index (κ2) is 7.62. The number of hydrogen-bond donors (Lipinski definition) is 0. The number of carbonyl (C=O) groups is 3. The number of thioether (sulfide) groups is 1. The topological polar surface area (TPSA) is 80.7 Å². The average molecular weight is 444 g/mol. The van der Waals surface area contributed by atoms with Crippen molar-refractivity contribution in [2.75, 3.05) is 11.4 Å². The molecule has 0 aliphatic carbocycles. The van der Waals surface area contributed by atoms with Crippen molar-refractivity contribution in [3.63, 3.8) is 0 Å². The van der Waals surface area contributed by atoms with Gasteiger partial charge >= 0.3 is 0 Å². The van der Waals surface area contributed by atoms with Gasteiger partial charge in [0.05, 0.1) is 35.2 Å². The molecule has 0 radical (unpaired) electrons. The van der Waals surface area contributed by atoms with Crippen LogP contribution in [0.4, 0.5) is 5.69 Å². The minimum atomic E-state index is -1.42. The van der Waals surface area contributed by atoms with Crippen LogP contribution in [0.15, 0.2) is 53.4 Å². The second-order valence-corrected chi connectivity index (χ2v) is 8.39. The van der Waals surface area contributed by atoms with Gasteiger partial charge in [0, 0.05) is 10.6 Å². The molecule has 29 heavy (non-hydrogen) atoms. The van der Waals surface area contributed by atoms with Crippen molar-refractivity contribution in [2.24, 2.45) is 0 Å². The second-order valence-electron chi connectivity index (χ2n) is 6.34. The molecule has 1 fully saturated rings. The molecule has 2 aliphatic rings. The third kappa shape index (κ3) is 3.43. The first-order chi connectivity index (χ1) is 13.9. The maximum atomic E-state index is 13.3. The van der Waals surface area contributed by atoms with Gasteiger partial charge in [-0.1, -0.05) is 72.0 Å². The van der Waals surface area contributed by atoms with E-state index in [1.807, 2.05) is 12.1 Å². The molecule has 146 valence electrons. The Morgan fingerprint density at radius 3 is 2.45 bits per heavy atom. The van der Waals surface area contributed by atoms with Crippen molar-refractivity contribution in [2.45, 2.75) is 6.54 Å². The highest BCUT2D eigenvalue weighted by atomic mass is 35.5. The summed E-state index contributed by atoms with van der Waals surface area (Å²) >= 11 is 12.3. The van der Waals surface area contributed by atoms with E-state index in [1.165, 1.54) is 0 Å². The van der Waals surface area contributed by atoms with Gasteiger partial charge in [-0.3, -0.25) is 14.5 Å². The minimum Gasteiger partial charge on any atom is -0.548 e. The largest absolute Gasteiger partial charge is 0.548 e. The van der Waals surface area contributed by atoms with Crippen LogP contribution in [0.1, 0.15) is 11.1 Å². The van der Waals surface area contributed by atoms with Gasteiger partial charge in [-0.05, 0) is 17.7 Å². The van der Waals surface area contributed by atoms with Crippen molar-refractivity contribution in [1.82, 2.24) is 4.90 Å². The number of anilines is 1. The van der Waals surface area contributed by atoms with Crippen LogP contribution in [0.5, 0.6) is 0 Å². The molecule has 0 spiro atoms. The Balaban J connectivity index is 1.78. The van der Waals surface area contributed by atoms with Crippen LogP contribution in [0.3, 0.4) is 0 Å². The Bertz CT molecular complexity index is 1120. The first-order valence-corrected chi connectivity index (χ1v) is 10.1. The molecule has 1 saturated heterocycles. The summed E-state index contributed by atoms with van der Waals surface area (Å²) in [6, 6.07) is 14.3. The fourth-order valence-electron chi connectivity index (χ4n) is 3.27. The Morgan fingerprint density at radius 2 is 1.72 bits per heavy atom. The van der Waals surface area contributed by atoms with E-state index in [9.17, 15) is 19.5 Å². The predicted octanol–water partition coefficient (Wildman–Crippen LogP) is 2.21. The number of aliphatic carboxylic acids is 1. The molecule has 2 aromatic carbocycles. The summed E-state index contributed by atoms with van der Waals surface area (Å²) < 4.78 is 0.0801. The molecule has 0 bridgehead atoms. The zero-order valence-corrected chi connectivity index (χ0v) is 17.1. The van der Waals surface area contributed by atoms with Gasteiger partial charge in [0.1, 0.15) is 4.32 Å². The van der Waals surface area contributed by atoms with Crippen LogP contribution in [0.2, 0.25) is 5.02 Å². The molecule has 0 saturated carbocycles. The number of carboxylic acid groups (broad SMARTS) is 1. The molecule has 9 heteroatoms. The number of nitrogens with zero attached hydrogens (tertiary/aromatic N) is 2. The molecule has 0 unspecified atom stereocenters. The minimum absolute atomic E-state index is 0.0801. The predicted molar refractivity (Wildman–Crippen MR) is 113 cm³/mol. The molecule has 2 heterocycles. The number of rotatable bonds is 4. The molecule has 4 rings (SSSR count). The SMILES string of the molecule is O=C([O-])CN1C(=O)/C(=C2/C(=O)N(Cc3ccccc3Cl)c3ccccc32)SC1=S. The zero-order chi connectivity index (χ0) is 20.7. The number of amides is 2. The van der Waals surface area contributed by atoms with Gasteiger partial charge in [0.25, 0.3) is 11.8 Å². The summed E-state index contributed by atoms with van der Waals surface area (Å²) in [5.74, 6) is -2.40. The first kappa shape index (κ1) is 19.6. The fourth-order valence-corrected chi connectivity index (χ4v) is 4.79. The lowest BCUT2D eigenvalue weighted by Crippen LogP contribution is -2.40. The highest BCUT2D eigenvalue weighted by Crippen LogP contribution is 2.45. The van der Waals surface area contributed by atoms with E-state index in [0.29, 0.717) is 16.3 Å². The van der Waals surface area contributed by atoms with Gasteiger partial charge in [-0.25, -0.2) is 0 Å². The van der Waals surface area contributed by atoms with Gasteiger partial charge in [-0.2, -0.15) is 0 Å². The van der Waals surface area contributed by atoms with E-state index >= 15 is 0 Å². The highest BCUT2D eigenvalue weighted by Gasteiger charge is 2.42.